The summed E-state index contributed by atoms with van der Waals surface area (Å²) in [4.78, 5) is 0. The normalized spacial score (nSPS) is 51.8. The molecule has 3 fully saturated rings. The smallest absolute Gasteiger partial charge is 0.0911 e. The summed E-state index contributed by atoms with van der Waals surface area (Å²) in [6, 6.07) is 2.29. The first kappa shape index (κ1) is 18.3. The lowest BCUT2D eigenvalue weighted by molar-refractivity contribution is -0.128. The molecule has 142 valence electrons. The van der Waals surface area contributed by atoms with Gasteiger partial charge in [0.15, 0.2) is 0 Å². The van der Waals surface area contributed by atoms with Crippen LogP contribution in [0.25, 0.3) is 0 Å². The molecule has 4 rings (SSSR count). The van der Waals surface area contributed by atoms with Gasteiger partial charge >= 0.3 is 0 Å². The predicted octanol–water partition coefficient (Wildman–Crippen LogP) is 4.78. The number of hydrogen-bond acceptors (Lipinski definition) is 3. The number of fused-ring (bicyclic) bond motifs is 5. The molecule has 0 aromatic carbocycles. The lowest BCUT2D eigenvalue weighted by Crippen LogP contribution is -2.56. The van der Waals surface area contributed by atoms with Crippen molar-refractivity contribution in [1.82, 2.24) is 0 Å². The van der Waals surface area contributed by atoms with Crippen LogP contribution in [0.3, 0.4) is 0 Å². The fraction of sp³-hybridized carbons (Fsp3) is 0.783. The van der Waals surface area contributed by atoms with E-state index in [1.807, 2.05) is 20.1 Å². The van der Waals surface area contributed by atoms with Gasteiger partial charge in [-0.05, 0) is 80.5 Å². The zero-order valence-corrected chi connectivity index (χ0v) is 16.7. The van der Waals surface area contributed by atoms with Gasteiger partial charge in [-0.2, -0.15) is 5.26 Å². The summed E-state index contributed by atoms with van der Waals surface area (Å²) in [5.74, 6) is 1.80. The van der Waals surface area contributed by atoms with E-state index in [-0.39, 0.29) is 16.9 Å². The van der Waals surface area contributed by atoms with Crippen LogP contribution in [-0.2, 0) is 4.74 Å². The molecule has 26 heavy (non-hydrogen) atoms. The Balaban J connectivity index is 1.75. The van der Waals surface area contributed by atoms with Gasteiger partial charge < -0.3 is 9.84 Å². The molecular formula is C23H33NO2. The Morgan fingerprint density at radius 2 is 2.04 bits per heavy atom. The van der Waals surface area contributed by atoms with E-state index in [0.717, 1.165) is 38.5 Å². The van der Waals surface area contributed by atoms with Crippen LogP contribution in [0.1, 0.15) is 65.7 Å². The van der Waals surface area contributed by atoms with Crippen molar-refractivity contribution in [2.24, 2.45) is 28.6 Å². The van der Waals surface area contributed by atoms with Gasteiger partial charge in [0, 0.05) is 13.2 Å². The Kier molecular flexibility index (Phi) is 4.18. The summed E-state index contributed by atoms with van der Waals surface area (Å²) in [6.07, 6.45) is 11.7. The molecule has 0 bridgehead atoms. The summed E-state index contributed by atoms with van der Waals surface area (Å²) in [7, 11) is 1.87. The number of aliphatic hydroxyl groups is 1. The molecule has 3 heteroatoms. The van der Waals surface area contributed by atoms with Gasteiger partial charge in [-0.25, -0.2) is 0 Å². The molecular weight excluding hydrogens is 322 g/mol. The molecule has 0 radical (unpaired) electrons. The van der Waals surface area contributed by atoms with Crippen LogP contribution < -0.4 is 0 Å². The van der Waals surface area contributed by atoms with Crippen LogP contribution in [0.2, 0.25) is 0 Å². The summed E-state index contributed by atoms with van der Waals surface area (Å²) in [6.45, 7) is 6.80. The standard InChI is InChI=1S/C23H33NO2/c1-21(25)10-11-22(2)16(13-21)5-7-17-18-8-6-15(9-12-24)23(18,3)14-19(26-4)20(17)22/h5,9,17-20,25H,6-8,10-11,13-14H2,1-4H3/b15-9-/t17-,18-,19-,20+,21+,22-,23+/m0/s1. The molecule has 0 spiro atoms. The lowest BCUT2D eigenvalue weighted by Gasteiger charge is -2.60. The van der Waals surface area contributed by atoms with Crippen LogP contribution in [0.15, 0.2) is 23.3 Å². The maximum atomic E-state index is 10.6. The minimum absolute atomic E-state index is 0.111. The van der Waals surface area contributed by atoms with Crippen LogP contribution >= 0.6 is 0 Å². The molecule has 7 atom stereocenters. The second kappa shape index (κ2) is 5.94. The van der Waals surface area contributed by atoms with E-state index in [4.69, 9.17) is 4.74 Å². The third-order valence-electron chi connectivity index (χ3n) is 8.68. The van der Waals surface area contributed by atoms with Crippen molar-refractivity contribution in [2.75, 3.05) is 7.11 Å². The highest BCUT2D eigenvalue weighted by Gasteiger charge is 2.61. The quantitative estimate of drug-likeness (QED) is 0.544. The Hall–Kier alpha value is -1.11. The third kappa shape index (κ3) is 2.45. The number of nitriles is 1. The Labute approximate surface area is 158 Å². The van der Waals surface area contributed by atoms with Gasteiger partial charge in [0.05, 0.1) is 17.8 Å². The topological polar surface area (TPSA) is 53.2 Å². The molecule has 4 aliphatic carbocycles. The van der Waals surface area contributed by atoms with E-state index in [1.54, 1.807) is 0 Å². The molecule has 0 saturated heterocycles. The van der Waals surface area contributed by atoms with Gasteiger partial charge in [0.25, 0.3) is 0 Å². The van der Waals surface area contributed by atoms with Crippen molar-refractivity contribution in [3.8, 4) is 6.07 Å². The van der Waals surface area contributed by atoms with E-state index in [9.17, 15) is 10.4 Å². The average molecular weight is 356 g/mol. The second-order valence-corrected chi connectivity index (χ2v) is 10.1. The Bertz CT molecular complexity index is 699. The lowest BCUT2D eigenvalue weighted by atomic mass is 9.46. The van der Waals surface area contributed by atoms with Crippen LogP contribution in [0.5, 0.6) is 0 Å². The van der Waals surface area contributed by atoms with Crippen molar-refractivity contribution in [2.45, 2.75) is 77.4 Å². The van der Waals surface area contributed by atoms with Crippen molar-refractivity contribution in [3.63, 3.8) is 0 Å². The second-order valence-electron chi connectivity index (χ2n) is 10.1. The van der Waals surface area contributed by atoms with Crippen molar-refractivity contribution >= 4 is 0 Å². The molecule has 0 unspecified atom stereocenters. The summed E-state index contributed by atoms with van der Waals surface area (Å²) in [5, 5.41) is 19.9. The van der Waals surface area contributed by atoms with Crippen molar-refractivity contribution in [1.29, 1.82) is 5.26 Å². The number of ether oxygens (including phenoxy) is 1. The number of rotatable bonds is 1. The first-order valence-electron chi connectivity index (χ1n) is 10.3. The maximum absolute atomic E-state index is 10.6. The van der Waals surface area contributed by atoms with Gasteiger partial charge in [-0.1, -0.05) is 31.1 Å². The minimum atomic E-state index is -0.556. The maximum Gasteiger partial charge on any atom is 0.0911 e. The molecule has 3 nitrogen and oxygen atoms in total. The first-order chi connectivity index (χ1) is 12.2. The van der Waals surface area contributed by atoms with Gasteiger partial charge in [-0.15, -0.1) is 0 Å². The SMILES string of the molecule is CO[C@H]1C[C@]2(C)/C(=C\C#N)CC[C@H]2[C@@H]2CC=C3C[C@](C)(O)CC[C@]3(C)[C@H]21. The molecule has 4 aliphatic rings. The van der Waals surface area contributed by atoms with Gasteiger partial charge in [0.1, 0.15) is 0 Å². The zero-order chi connectivity index (χ0) is 18.7. The summed E-state index contributed by atoms with van der Waals surface area (Å²) in [5.41, 5.74) is 2.51. The minimum Gasteiger partial charge on any atom is -0.390 e. The van der Waals surface area contributed by atoms with Crippen molar-refractivity contribution < 1.29 is 9.84 Å². The molecule has 0 aromatic rings. The number of nitrogens with zero attached hydrogens (tertiary/aromatic N) is 1. The number of allylic oxidation sites excluding steroid dienone is 3. The fourth-order valence-corrected chi connectivity index (χ4v) is 7.29. The van der Waals surface area contributed by atoms with E-state index in [2.05, 4.69) is 26.0 Å². The van der Waals surface area contributed by atoms with Crippen LogP contribution in [-0.4, -0.2) is 23.9 Å². The van der Waals surface area contributed by atoms with E-state index in [0.29, 0.717) is 17.8 Å². The van der Waals surface area contributed by atoms with Crippen LogP contribution in [0.4, 0.5) is 0 Å². The highest BCUT2D eigenvalue weighted by Crippen LogP contribution is 2.67. The highest BCUT2D eigenvalue weighted by atomic mass is 16.5. The highest BCUT2D eigenvalue weighted by molar-refractivity contribution is 5.33. The van der Waals surface area contributed by atoms with E-state index < -0.39 is 5.60 Å². The number of hydrogen-bond donors (Lipinski definition) is 1. The monoisotopic (exact) mass is 355 g/mol. The third-order valence-corrected chi connectivity index (χ3v) is 8.68. The molecule has 1 N–H and O–H groups in total. The number of methoxy groups -OCH3 is 1. The molecule has 0 aliphatic heterocycles. The van der Waals surface area contributed by atoms with Crippen LogP contribution in [0, 0.1) is 39.9 Å². The predicted molar refractivity (Wildman–Crippen MR) is 102 cm³/mol. The Morgan fingerprint density at radius 1 is 1.27 bits per heavy atom. The summed E-state index contributed by atoms with van der Waals surface area (Å²) >= 11 is 0. The molecule has 0 aromatic heterocycles. The van der Waals surface area contributed by atoms with Gasteiger partial charge in [0.2, 0.25) is 0 Å². The van der Waals surface area contributed by atoms with E-state index >= 15 is 0 Å². The molecule has 0 amide bonds. The fourth-order valence-electron chi connectivity index (χ4n) is 7.29. The largest absolute Gasteiger partial charge is 0.390 e. The molecule has 0 heterocycles. The molecule has 3 saturated carbocycles. The summed E-state index contributed by atoms with van der Waals surface area (Å²) < 4.78 is 6.13. The van der Waals surface area contributed by atoms with E-state index in [1.165, 1.54) is 17.6 Å². The average Bonchev–Trinajstić information content (AvgIpc) is 2.91. The van der Waals surface area contributed by atoms with Crippen molar-refractivity contribution in [3.05, 3.63) is 23.3 Å². The Morgan fingerprint density at radius 3 is 2.73 bits per heavy atom. The zero-order valence-electron chi connectivity index (χ0n) is 16.7. The van der Waals surface area contributed by atoms with Gasteiger partial charge in [-0.3, -0.25) is 0 Å². The first-order valence-corrected chi connectivity index (χ1v) is 10.3.